The monoisotopic (exact) mass is 281 g/mol. The van der Waals surface area contributed by atoms with E-state index in [0.717, 1.165) is 6.07 Å². The van der Waals surface area contributed by atoms with Gasteiger partial charge in [0.2, 0.25) is 0 Å². The van der Waals surface area contributed by atoms with E-state index in [1.807, 2.05) is 0 Å². The van der Waals surface area contributed by atoms with Crippen molar-refractivity contribution in [3.8, 4) is 0 Å². The largest absolute Gasteiger partial charge is 0.478 e. The van der Waals surface area contributed by atoms with Crippen LogP contribution in [0.1, 0.15) is 10.4 Å². The van der Waals surface area contributed by atoms with Crippen LogP contribution in [0.4, 0.5) is 0 Å². The number of aromatic carboxylic acids is 1. The molecule has 2 rings (SSSR count). The number of fused-ring (bicyclic) bond motifs is 1. The summed E-state index contributed by atoms with van der Waals surface area (Å²) in [6.07, 6.45) is 0. The van der Waals surface area contributed by atoms with Crippen molar-refractivity contribution in [3.05, 3.63) is 44.7 Å². The lowest BCUT2D eigenvalue weighted by Gasteiger charge is -2.08. The van der Waals surface area contributed by atoms with E-state index < -0.39 is 5.97 Å². The van der Waals surface area contributed by atoms with Gasteiger partial charge in [-0.1, -0.05) is 12.1 Å². The Bertz CT molecular complexity index is 645. The van der Waals surface area contributed by atoms with Crippen molar-refractivity contribution in [2.45, 2.75) is 0 Å². The van der Waals surface area contributed by atoms with E-state index in [2.05, 4.69) is 15.9 Å². The Morgan fingerprint density at radius 3 is 2.75 bits per heavy atom. The number of rotatable bonds is 1. The summed E-state index contributed by atoms with van der Waals surface area (Å²) in [6.45, 7) is 0. The summed E-state index contributed by atoms with van der Waals surface area (Å²) in [6, 6.07) is 6.33. The zero-order valence-corrected chi connectivity index (χ0v) is 9.98. The molecule has 0 bridgehead atoms. The maximum atomic E-state index is 11.6. The molecular formula is C11H8BrNO3. The van der Waals surface area contributed by atoms with Crippen molar-refractivity contribution < 1.29 is 9.90 Å². The third-order valence-corrected chi connectivity index (χ3v) is 3.08. The number of aryl methyl sites for hydroxylation is 1. The van der Waals surface area contributed by atoms with Crippen LogP contribution in [0.25, 0.3) is 10.9 Å². The van der Waals surface area contributed by atoms with Crippen LogP contribution in [-0.2, 0) is 7.05 Å². The molecule has 0 saturated carbocycles. The number of hydrogen-bond donors (Lipinski definition) is 1. The number of benzene rings is 1. The molecule has 1 N–H and O–H groups in total. The van der Waals surface area contributed by atoms with Crippen LogP contribution < -0.4 is 5.56 Å². The van der Waals surface area contributed by atoms with Gasteiger partial charge in [-0.15, -0.1) is 0 Å². The third-order valence-electron chi connectivity index (χ3n) is 2.44. The third kappa shape index (κ3) is 1.53. The first kappa shape index (κ1) is 10.9. The van der Waals surface area contributed by atoms with E-state index in [-0.39, 0.29) is 11.1 Å². The fourth-order valence-electron chi connectivity index (χ4n) is 1.66. The molecule has 1 aromatic heterocycles. The van der Waals surface area contributed by atoms with Gasteiger partial charge in [0.25, 0.3) is 5.56 Å². The highest BCUT2D eigenvalue weighted by Crippen LogP contribution is 2.24. The number of para-hydroxylation sites is 1. The number of aromatic nitrogens is 1. The Morgan fingerprint density at radius 1 is 1.44 bits per heavy atom. The minimum absolute atomic E-state index is 0.0272. The van der Waals surface area contributed by atoms with Gasteiger partial charge in [0.05, 0.1) is 11.1 Å². The van der Waals surface area contributed by atoms with Gasteiger partial charge in [-0.2, -0.15) is 0 Å². The van der Waals surface area contributed by atoms with Gasteiger partial charge in [-0.3, -0.25) is 4.79 Å². The molecule has 0 spiro atoms. The first-order valence-corrected chi connectivity index (χ1v) is 5.33. The smallest absolute Gasteiger partial charge is 0.336 e. The summed E-state index contributed by atoms with van der Waals surface area (Å²) in [7, 11) is 1.61. The molecule has 0 aliphatic rings. The highest BCUT2D eigenvalue weighted by Gasteiger charge is 2.13. The zero-order chi connectivity index (χ0) is 11.9. The SMILES string of the molecule is Cn1c(=O)cc(C(=O)O)c2cccc(Br)c21. The molecule has 4 nitrogen and oxygen atoms in total. The zero-order valence-electron chi connectivity index (χ0n) is 8.40. The fraction of sp³-hybridized carbons (Fsp3) is 0.0909. The number of carboxylic acids is 1. The summed E-state index contributed by atoms with van der Waals surface area (Å²) >= 11 is 3.31. The minimum atomic E-state index is -1.10. The van der Waals surface area contributed by atoms with Crippen molar-refractivity contribution in [1.29, 1.82) is 0 Å². The van der Waals surface area contributed by atoms with Crippen molar-refractivity contribution in [3.63, 3.8) is 0 Å². The van der Waals surface area contributed by atoms with Crippen molar-refractivity contribution in [2.75, 3.05) is 0 Å². The predicted octanol–water partition coefficient (Wildman–Crippen LogP) is 2.00. The molecule has 0 radical (unpaired) electrons. The Balaban J connectivity index is 3.07. The standard InChI is InChI=1S/C11H8BrNO3/c1-13-9(14)5-7(11(15)16)6-3-2-4-8(12)10(6)13/h2-5H,1H3,(H,15,16). The lowest BCUT2D eigenvalue weighted by atomic mass is 10.1. The second kappa shape index (κ2) is 3.75. The van der Waals surface area contributed by atoms with E-state index >= 15 is 0 Å². The Hall–Kier alpha value is -1.62. The van der Waals surface area contributed by atoms with E-state index in [1.165, 1.54) is 4.57 Å². The lowest BCUT2D eigenvalue weighted by molar-refractivity contribution is 0.0699. The molecule has 0 fully saturated rings. The Morgan fingerprint density at radius 2 is 2.12 bits per heavy atom. The molecule has 0 aliphatic carbocycles. The van der Waals surface area contributed by atoms with Gasteiger partial charge >= 0.3 is 5.97 Å². The first-order chi connectivity index (χ1) is 7.52. The van der Waals surface area contributed by atoms with Crippen LogP contribution in [0.5, 0.6) is 0 Å². The van der Waals surface area contributed by atoms with E-state index in [0.29, 0.717) is 15.4 Å². The fourth-order valence-corrected chi connectivity index (χ4v) is 2.29. The summed E-state index contributed by atoms with van der Waals surface area (Å²) in [5.74, 6) is -1.10. The van der Waals surface area contributed by atoms with Crippen molar-refractivity contribution in [2.24, 2.45) is 7.05 Å². The number of carboxylic acid groups (broad SMARTS) is 1. The minimum Gasteiger partial charge on any atom is -0.478 e. The molecule has 2 aromatic rings. The lowest BCUT2D eigenvalue weighted by Crippen LogP contribution is -2.19. The van der Waals surface area contributed by atoms with Crippen LogP contribution in [-0.4, -0.2) is 15.6 Å². The molecule has 0 amide bonds. The van der Waals surface area contributed by atoms with Gasteiger partial charge in [0.15, 0.2) is 0 Å². The first-order valence-electron chi connectivity index (χ1n) is 4.54. The van der Waals surface area contributed by atoms with Crippen LogP contribution in [0, 0.1) is 0 Å². The number of pyridine rings is 1. The van der Waals surface area contributed by atoms with Crippen LogP contribution >= 0.6 is 15.9 Å². The van der Waals surface area contributed by atoms with E-state index in [1.54, 1.807) is 25.2 Å². The molecule has 1 aromatic carbocycles. The topological polar surface area (TPSA) is 59.3 Å². The van der Waals surface area contributed by atoms with Gasteiger partial charge in [0.1, 0.15) is 0 Å². The normalized spacial score (nSPS) is 10.6. The van der Waals surface area contributed by atoms with Gasteiger partial charge in [-0.05, 0) is 22.0 Å². The number of carbonyl (C=O) groups is 1. The molecule has 1 heterocycles. The van der Waals surface area contributed by atoms with Crippen LogP contribution in [0.15, 0.2) is 33.5 Å². The molecule has 0 atom stereocenters. The van der Waals surface area contributed by atoms with Crippen molar-refractivity contribution in [1.82, 2.24) is 4.57 Å². The van der Waals surface area contributed by atoms with E-state index in [9.17, 15) is 9.59 Å². The highest BCUT2D eigenvalue weighted by molar-refractivity contribution is 9.10. The maximum Gasteiger partial charge on any atom is 0.336 e. The average molecular weight is 282 g/mol. The second-order valence-corrected chi connectivity index (χ2v) is 4.25. The Kier molecular flexibility index (Phi) is 2.55. The predicted molar refractivity (Wildman–Crippen MR) is 63.8 cm³/mol. The van der Waals surface area contributed by atoms with Gasteiger partial charge < -0.3 is 9.67 Å². The second-order valence-electron chi connectivity index (χ2n) is 3.40. The molecule has 5 heteroatoms. The molecule has 0 unspecified atom stereocenters. The molecule has 16 heavy (non-hydrogen) atoms. The summed E-state index contributed by atoms with van der Waals surface area (Å²) in [4.78, 5) is 22.6. The molecular weight excluding hydrogens is 274 g/mol. The van der Waals surface area contributed by atoms with E-state index in [4.69, 9.17) is 5.11 Å². The summed E-state index contributed by atoms with van der Waals surface area (Å²) < 4.78 is 2.12. The van der Waals surface area contributed by atoms with Crippen molar-refractivity contribution >= 4 is 32.8 Å². The maximum absolute atomic E-state index is 11.6. The molecule has 0 aliphatic heterocycles. The highest BCUT2D eigenvalue weighted by atomic mass is 79.9. The van der Waals surface area contributed by atoms with Gasteiger partial charge in [0, 0.05) is 23.0 Å². The van der Waals surface area contributed by atoms with Crippen LogP contribution in [0.2, 0.25) is 0 Å². The number of nitrogens with zero attached hydrogens (tertiary/aromatic N) is 1. The van der Waals surface area contributed by atoms with Crippen LogP contribution in [0.3, 0.4) is 0 Å². The number of hydrogen-bond acceptors (Lipinski definition) is 2. The molecule has 82 valence electrons. The number of halogens is 1. The summed E-state index contributed by atoms with van der Waals surface area (Å²) in [5.41, 5.74) is 0.281. The van der Waals surface area contributed by atoms with Gasteiger partial charge in [-0.25, -0.2) is 4.79 Å². The quantitative estimate of drug-likeness (QED) is 0.870. The molecule has 0 saturated heterocycles. The summed E-state index contributed by atoms with van der Waals surface area (Å²) in [5, 5.41) is 9.57. The Labute approximate surface area is 99.3 Å². The average Bonchev–Trinajstić information content (AvgIpc) is 2.22.